The van der Waals surface area contributed by atoms with Crippen molar-refractivity contribution in [1.29, 1.82) is 0 Å². The van der Waals surface area contributed by atoms with E-state index >= 15 is 0 Å². The Kier molecular flexibility index (Phi) is 4.70. The lowest BCUT2D eigenvalue weighted by Crippen LogP contribution is -2.27. The van der Waals surface area contributed by atoms with Crippen LogP contribution in [-0.2, 0) is 11.2 Å². The van der Waals surface area contributed by atoms with E-state index in [-0.39, 0.29) is 11.5 Å². The number of pyridine rings is 1. The summed E-state index contributed by atoms with van der Waals surface area (Å²) < 4.78 is 0. The fourth-order valence-corrected chi connectivity index (χ4v) is 2.96. The number of aryl methyl sites for hydroxylation is 3. The molecule has 25 heavy (non-hydrogen) atoms. The molecule has 0 unspecified atom stereocenters. The summed E-state index contributed by atoms with van der Waals surface area (Å²) in [5.41, 5.74) is 4.49. The van der Waals surface area contributed by atoms with E-state index in [2.05, 4.69) is 4.98 Å². The van der Waals surface area contributed by atoms with Crippen molar-refractivity contribution in [2.45, 2.75) is 26.7 Å². The number of benzene rings is 2. The highest BCUT2D eigenvalue weighted by molar-refractivity contribution is 5.93. The molecule has 3 rings (SSSR count). The first kappa shape index (κ1) is 17.0. The number of nitrogens with zero attached hydrogens (tertiary/aromatic N) is 1. The number of para-hydroxylation sites is 1. The SMILES string of the molecule is Cc1ccc2cc(CCC(=O)N(C)c3ccccc3)c(=O)[nH]c2c1C. The van der Waals surface area contributed by atoms with Gasteiger partial charge in [0.25, 0.3) is 5.56 Å². The number of hydrogen-bond acceptors (Lipinski definition) is 2. The molecule has 0 aliphatic rings. The number of anilines is 1. The first-order valence-corrected chi connectivity index (χ1v) is 8.41. The average molecular weight is 334 g/mol. The summed E-state index contributed by atoms with van der Waals surface area (Å²) in [6.07, 6.45) is 0.721. The molecule has 0 fully saturated rings. The lowest BCUT2D eigenvalue weighted by molar-refractivity contribution is -0.118. The molecule has 1 aromatic heterocycles. The number of fused-ring (bicyclic) bond motifs is 1. The molecule has 0 saturated heterocycles. The monoisotopic (exact) mass is 334 g/mol. The summed E-state index contributed by atoms with van der Waals surface area (Å²) in [5.74, 6) is -0.00853. The standard InChI is InChI=1S/C21H22N2O2/c1-14-9-10-16-13-17(21(25)22-20(16)15(14)2)11-12-19(24)23(3)18-7-5-4-6-8-18/h4-10,13H,11-12H2,1-3H3,(H,22,25). The van der Waals surface area contributed by atoms with Gasteiger partial charge in [0.2, 0.25) is 5.91 Å². The molecule has 1 N–H and O–H groups in total. The highest BCUT2D eigenvalue weighted by Gasteiger charge is 2.13. The van der Waals surface area contributed by atoms with Gasteiger partial charge < -0.3 is 9.88 Å². The van der Waals surface area contributed by atoms with Crippen LogP contribution in [0.3, 0.4) is 0 Å². The van der Waals surface area contributed by atoms with Crippen LogP contribution in [0.4, 0.5) is 5.69 Å². The predicted octanol–water partition coefficient (Wildman–Crippen LogP) is 3.74. The Bertz CT molecular complexity index is 974. The number of H-pyrrole nitrogens is 1. The number of nitrogens with one attached hydrogen (secondary N) is 1. The Morgan fingerprint density at radius 1 is 1.08 bits per heavy atom. The van der Waals surface area contributed by atoms with E-state index in [0.717, 1.165) is 27.7 Å². The second-order valence-electron chi connectivity index (χ2n) is 6.38. The molecule has 0 radical (unpaired) electrons. The van der Waals surface area contributed by atoms with Crippen molar-refractivity contribution in [3.8, 4) is 0 Å². The van der Waals surface area contributed by atoms with Crippen molar-refractivity contribution in [2.75, 3.05) is 11.9 Å². The zero-order valence-corrected chi connectivity index (χ0v) is 14.8. The van der Waals surface area contributed by atoms with E-state index in [9.17, 15) is 9.59 Å². The van der Waals surface area contributed by atoms with E-state index in [4.69, 9.17) is 0 Å². The van der Waals surface area contributed by atoms with Gasteiger partial charge in [-0.2, -0.15) is 0 Å². The molecule has 0 spiro atoms. The Morgan fingerprint density at radius 3 is 2.52 bits per heavy atom. The highest BCUT2D eigenvalue weighted by Crippen LogP contribution is 2.19. The molecule has 128 valence electrons. The van der Waals surface area contributed by atoms with Gasteiger partial charge in [-0.25, -0.2) is 0 Å². The van der Waals surface area contributed by atoms with Gasteiger partial charge >= 0.3 is 0 Å². The van der Waals surface area contributed by atoms with Crippen molar-refractivity contribution < 1.29 is 4.79 Å². The lowest BCUT2D eigenvalue weighted by atomic mass is 10.0. The zero-order chi connectivity index (χ0) is 18.0. The Balaban J connectivity index is 1.79. The fraction of sp³-hybridized carbons (Fsp3) is 0.238. The van der Waals surface area contributed by atoms with Gasteiger partial charge in [0, 0.05) is 24.7 Å². The summed E-state index contributed by atoms with van der Waals surface area (Å²) in [6, 6.07) is 15.5. The van der Waals surface area contributed by atoms with Crippen molar-refractivity contribution in [3.63, 3.8) is 0 Å². The van der Waals surface area contributed by atoms with Crippen LogP contribution >= 0.6 is 0 Å². The molecule has 0 aliphatic heterocycles. The number of carbonyl (C=O) groups excluding carboxylic acids is 1. The zero-order valence-electron chi connectivity index (χ0n) is 14.8. The second-order valence-corrected chi connectivity index (χ2v) is 6.38. The third kappa shape index (κ3) is 3.48. The van der Waals surface area contributed by atoms with Gasteiger partial charge in [-0.1, -0.05) is 30.3 Å². The summed E-state index contributed by atoms with van der Waals surface area (Å²) in [4.78, 5) is 29.4. The summed E-state index contributed by atoms with van der Waals surface area (Å²) in [5, 5.41) is 1.00. The van der Waals surface area contributed by atoms with Crippen molar-refractivity contribution >= 4 is 22.5 Å². The molecule has 3 aromatic rings. The summed E-state index contributed by atoms with van der Waals surface area (Å²) in [6.45, 7) is 4.03. The van der Waals surface area contributed by atoms with E-state index in [1.54, 1.807) is 11.9 Å². The van der Waals surface area contributed by atoms with Crippen molar-refractivity contribution in [2.24, 2.45) is 0 Å². The van der Waals surface area contributed by atoms with E-state index in [0.29, 0.717) is 18.4 Å². The normalized spacial score (nSPS) is 10.8. The molecule has 1 amide bonds. The smallest absolute Gasteiger partial charge is 0.251 e. The Labute approximate surface area is 147 Å². The quantitative estimate of drug-likeness (QED) is 0.790. The van der Waals surface area contributed by atoms with Crippen LogP contribution < -0.4 is 10.5 Å². The molecule has 0 atom stereocenters. The molecular formula is C21H22N2O2. The minimum absolute atomic E-state index is 0.00853. The highest BCUT2D eigenvalue weighted by atomic mass is 16.2. The number of amides is 1. The van der Waals surface area contributed by atoms with Gasteiger partial charge in [-0.3, -0.25) is 9.59 Å². The molecular weight excluding hydrogens is 312 g/mol. The van der Waals surface area contributed by atoms with Crippen LogP contribution in [0.25, 0.3) is 10.9 Å². The van der Waals surface area contributed by atoms with Crippen LogP contribution in [0.15, 0.2) is 53.3 Å². The van der Waals surface area contributed by atoms with E-state index < -0.39 is 0 Å². The van der Waals surface area contributed by atoms with Gasteiger partial charge in [-0.15, -0.1) is 0 Å². The first-order valence-electron chi connectivity index (χ1n) is 8.41. The molecule has 0 saturated carbocycles. The Hall–Kier alpha value is -2.88. The average Bonchev–Trinajstić information content (AvgIpc) is 2.63. The largest absolute Gasteiger partial charge is 0.321 e. The predicted molar refractivity (Wildman–Crippen MR) is 102 cm³/mol. The molecule has 0 bridgehead atoms. The van der Waals surface area contributed by atoms with Crippen molar-refractivity contribution in [3.05, 3.63) is 75.6 Å². The van der Waals surface area contributed by atoms with Gasteiger partial charge in [0.15, 0.2) is 0 Å². The molecule has 4 heteroatoms. The molecule has 1 heterocycles. The minimum atomic E-state index is -0.114. The lowest BCUT2D eigenvalue weighted by Gasteiger charge is -2.17. The van der Waals surface area contributed by atoms with Crippen LogP contribution in [0.1, 0.15) is 23.1 Å². The number of rotatable bonds is 4. The Morgan fingerprint density at radius 2 is 1.80 bits per heavy atom. The van der Waals surface area contributed by atoms with E-state index in [1.165, 1.54) is 0 Å². The van der Waals surface area contributed by atoms with Gasteiger partial charge in [0.05, 0.1) is 5.52 Å². The number of hydrogen-bond donors (Lipinski definition) is 1. The molecule has 2 aromatic carbocycles. The van der Waals surface area contributed by atoms with Crippen LogP contribution in [0.2, 0.25) is 0 Å². The summed E-state index contributed by atoms with van der Waals surface area (Å²) >= 11 is 0. The van der Waals surface area contributed by atoms with Crippen molar-refractivity contribution in [1.82, 2.24) is 4.98 Å². The van der Waals surface area contributed by atoms with Gasteiger partial charge in [0.1, 0.15) is 0 Å². The minimum Gasteiger partial charge on any atom is -0.321 e. The topological polar surface area (TPSA) is 53.2 Å². The maximum absolute atomic E-state index is 12.4. The summed E-state index contributed by atoms with van der Waals surface area (Å²) in [7, 11) is 1.76. The maximum Gasteiger partial charge on any atom is 0.251 e. The van der Waals surface area contributed by atoms with Crippen LogP contribution in [0.5, 0.6) is 0 Å². The fourth-order valence-electron chi connectivity index (χ4n) is 2.96. The number of aromatic amines is 1. The third-order valence-electron chi connectivity index (χ3n) is 4.75. The molecule has 0 aliphatic carbocycles. The van der Waals surface area contributed by atoms with Crippen LogP contribution in [0, 0.1) is 13.8 Å². The number of aromatic nitrogens is 1. The molecule has 4 nitrogen and oxygen atoms in total. The number of carbonyl (C=O) groups is 1. The van der Waals surface area contributed by atoms with Crippen LogP contribution in [-0.4, -0.2) is 17.9 Å². The van der Waals surface area contributed by atoms with Gasteiger partial charge in [-0.05, 0) is 55.0 Å². The third-order valence-corrected chi connectivity index (χ3v) is 4.75. The maximum atomic E-state index is 12.4. The van der Waals surface area contributed by atoms with E-state index in [1.807, 2.05) is 62.4 Å². The first-order chi connectivity index (χ1) is 12.0. The second kappa shape index (κ2) is 6.93.